The van der Waals surface area contributed by atoms with Gasteiger partial charge in [-0.3, -0.25) is 9.59 Å². The van der Waals surface area contributed by atoms with Crippen molar-refractivity contribution in [3.05, 3.63) is 90.0 Å². The van der Waals surface area contributed by atoms with E-state index in [1.807, 2.05) is 78.9 Å². The Balaban J connectivity index is 1.58. The van der Waals surface area contributed by atoms with Gasteiger partial charge in [0.1, 0.15) is 11.8 Å². The van der Waals surface area contributed by atoms with Gasteiger partial charge in [-0.05, 0) is 40.8 Å². The van der Waals surface area contributed by atoms with E-state index in [-0.39, 0.29) is 19.3 Å². The van der Waals surface area contributed by atoms with E-state index in [1.54, 1.807) is 7.11 Å². The minimum Gasteiger partial charge on any atom is -0.497 e. The van der Waals surface area contributed by atoms with Crippen LogP contribution in [0.2, 0.25) is 0 Å². The maximum atomic E-state index is 12.7. The van der Waals surface area contributed by atoms with E-state index in [4.69, 9.17) is 15.2 Å². The van der Waals surface area contributed by atoms with Crippen LogP contribution in [0.4, 0.5) is 0 Å². The summed E-state index contributed by atoms with van der Waals surface area (Å²) in [5.74, 6) is -1.25. The highest BCUT2D eigenvalue weighted by Gasteiger charge is 2.23. The van der Waals surface area contributed by atoms with Gasteiger partial charge in [0.05, 0.1) is 13.5 Å². The third kappa shape index (κ3) is 7.56. The number of benzene rings is 3. The molecule has 3 N–H and O–H groups in total. The van der Waals surface area contributed by atoms with E-state index in [2.05, 4.69) is 5.32 Å². The number of methoxy groups -OCH3 is 1. The molecule has 0 radical (unpaired) electrons. The zero-order valence-corrected chi connectivity index (χ0v) is 19.0. The topological polar surface area (TPSA) is 108 Å². The zero-order valence-electron chi connectivity index (χ0n) is 19.0. The molecule has 3 aromatic rings. The molecule has 3 aromatic carbocycles. The van der Waals surface area contributed by atoms with Gasteiger partial charge >= 0.3 is 11.9 Å². The lowest BCUT2D eigenvalue weighted by Crippen LogP contribution is -2.39. The quantitative estimate of drug-likeness (QED) is 0.335. The molecule has 0 unspecified atom stereocenters. The maximum absolute atomic E-state index is 12.7. The molecule has 0 spiro atoms. The van der Waals surface area contributed by atoms with Crippen LogP contribution in [0.3, 0.4) is 0 Å². The van der Waals surface area contributed by atoms with Crippen LogP contribution in [0.25, 0.3) is 11.1 Å². The Bertz CT molecular complexity index is 1110. The predicted octanol–water partition coefficient (Wildman–Crippen LogP) is 3.40. The number of hydrogen-bond acceptors (Lipinski definition) is 6. The minimum atomic E-state index is -0.858. The van der Waals surface area contributed by atoms with Gasteiger partial charge in [-0.2, -0.15) is 0 Å². The largest absolute Gasteiger partial charge is 0.497 e. The predicted molar refractivity (Wildman–Crippen MR) is 129 cm³/mol. The van der Waals surface area contributed by atoms with Gasteiger partial charge in [-0.1, -0.05) is 66.7 Å². The van der Waals surface area contributed by atoms with Crippen LogP contribution >= 0.6 is 0 Å². The number of primary amides is 1. The van der Waals surface area contributed by atoms with Crippen LogP contribution in [0, 0.1) is 0 Å². The molecule has 7 nitrogen and oxygen atoms in total. The highest BCUT2D eigenvalue weighted by molar-refractivity contribution is 5.89. The van der Waals surface area contributed by atoms with Crippen molar-refractivity contribution in [2.75, 3.05) is 7.11 Å². The van der Waals surface area contributed by atoms with E-state index in [9.17, 15) is 14.4 Å². The standard InChI is InChI=1S/C27H28N2O5/c1-33-23-9-5-6-20(16-23)18-29-24(14-15-25(28)30)27(32)34-26(31)17-19-10-12-22(13-11-19)21-7-3-2-4-8-21/h2-13,16,24,29H,14-15,17-18H2,1H3,(H2,28,30)/t24-/m0/s1. The number of nitrogens with two attached hydrogens (primary N) is 1. The Hall–Kier alpha value is -3.97. The highest BCUT2D eigenvalue weighted by atomic mass is 16.6. The van der Waals surface area contributed by atoms with Crippen molar-refractivity contribution in [3.63, 3.8) is 0 Å². The van der Waals surface area contributed by atoms with Crippen molar-refractivity contribution in [3.8, 4) is 16.9 Å². The van der Waals surface area contributed by atoms with E-state index in [0.717, 1.165) is 22.3 Å². The van der Waals surface area contributed by atoms with Gasteiger partial charge in [0.25, 0.3) is 0 Å². The Morgan fingerprint density at radius 1 is 0.882 bits per heavy atom. The summed E-state index contributed by atoms with van der Waals surface area (Å²) in [6.07, 6.45) is 0.0659. The summed E-state index contributed by atoms with van der Waals surface area (Å²) in [6.45, 7) is 0.324. The number of carbonyl (C=O) groups is 3. The molecule has 34 heavy (non-hydrogen) atoms. The summed E-state index contributed by atoms with van der Waals surface area (Å²) in [5.41, 5.74) is 8.95. The molecule has 0 aliphatic carbocycles. The molecule has 0 aliphatic rings. The van der Waals surface area contributed by atoms with Crippen LogP contribution in [-0.2, 0) is 32.1 Å². The molecule has 0 heterocycles. The van der Waals surface area contributed by atoms with Gasteiger partial charge < -0.3 is 20.5 Å². The monoisotopic (exact) mass is 460 g/mol. The number of rotatable bonds is 11. The molecular formula is C27H28N2O5. The fourth-order valence-corrected chi connectivity index (χ4v) is 3.45. The van der Waals surface area contributed by atoms with Gasteiger partial charge in [-0.15, -0.1) is 0 Å². The summed E-state index contributed by atoms with van der Waals surface area (Å²) in [7, 11) is 1.57. The first-order valence-corrected chi connectivity index (χ1v) is 11.0. The van der Waals surface area contributed by atoms with Crippen molar-refractivity contribution >= 4 is 17.8 Å². The summed E-state index contributed by atoms with van der Waals surface area (Å²) >= 11 is 0. The fraction of sp³-hybridized carbons (Fsp3) is 0.222. The van der Waals surface area contributed by atoms with Crippen molar-refractivity contribution in [1.29, 1.82) is 0 Å². The fourth-order valence-electron chi connectivity index (χ4n) is 3.45. The molecule has 1 amide bonds. The van der Waals surface area contributed by atoms with Gasteiger partial charge in [0, 0.05) is 13.0 Å². The minimum absolute atomic E-state index is 0.0139. The van der Waals surface area contributed by atoms with Crippen LogP contribution < -0.4 is 15.8 Å². The van der Waals surface area contributed by atoms with Crippen LogP contribution in [0.1, 0.15) is 24.0 Å². The van der Waals surface area contributed by atoms with E-state index < -0.39 is 23.9 Å². The average molecular weight is 461 g/mol. The average Bonchev–Trinajstić information content (AvgIpc) is 2.85. The Morgan fingerprint density at radius 2 is 1.59 bits per heavy atom. The van der Waals surface area contributed by atoms with Gasteiger partial charge in [0.15, 0.2) is 0 Å². The first kappa shape index (κ1) is 24.7. The second-order valence-corrected chi connectivity index (χ2v) is 7.82. The summed E-state index contributed by atoms with van der Waals surface area (Å²) in [4.78, 5) is 36.3. The van der Waals surface area contributed by atoms with Crippen LogP contribution in [0.5, 0.6) is 5.75 Å². The molecule has 1 atom stereocenters. The van der Waals surface area contributed by atoms with E-state index >= 15 is 0 Å². The van der Waals surface area contributed by atoms with Crippen LogP contribution in [0.15, 0.2) is 78.9 Å². The molecule has 0 saturated heterocycles. The van der Waals surface area contributed by atoms with E-state index in [0.29, 0.717) is 12.3 Å². The molecule has 0 saturated carbocycles. The molecule has 3 rings (SSSR count). The van der Waals surface area contributed by atoms with Gasteiger partial charge in [-0.25, -0.2) is 4.79 Å². The number of esters is 2. The maximum Gasteiger partial charge on any atom is 0.330 e. The molecule has 0 bridgehead atoms. The number of carbonyl (C=O) groups excluding carboxylic acids is 3. The van der Waals surface area contributed by atoms with Crippen molar-refractivity contribution in [1.82, 2.24) is 5.32 Å². The third-order valence-electron chi connectivity index (χ3n) is 5.27. The normalized spacial score (nSPS) is 11.4. The Labute approximate surface area is 198 Å². The van der Waals surface area contributed by atoms with Crippen molar-refractivity contribution in [2.45, 2.75) is 31.8 Å². The number of nitrogens with one attached hydrogen (secondary N) is 1. The molecule has 0 aromatic heterocycles. The Morgan fingerprint density at radius 3 is 2.26 bits per heavy atom. The van der Waals surface area contributed by atoms with Crippen molar-refractivity contribution in [2.24, 2.45) is 5.73 Å². The molecule has 0 aliphatic heterocycles. The van der Waals surface area contributed by atoms with Crippen molar-refractivity contribution < 1.29 is 23.9 Å². The molecule has 176 valence electrons. The summed E-state index contributed by atoms with van der Waals surface area (Å²) in [5, 5.41) is 3.05. The SMILES string of the molecule is COc1cccc(CN[C@@H](CCC(N)=O)C(=O)OC(=O)Cc2ccc(-c3ccccc3)cc2)c1. The van der Waals surface area contributed by atoms with Gasteiger partial charge in [0.2, 0.25) is 5.91 Å². The Kier molecular flexibility index (Phi) is 8.94. The molecule has 0 fully saturated rings. The molecule has 7 heteroatoms. The number of hydrogen-bond donors (Lipinski definition) is 2. The second kappa shape index (κ2) is 12.3. The van der Waals surface area contributed by atoms with Crippen LogP contribution in [-0.4, -0.2) is 31.0 Å². The summed E-state index contributed by atoms with van der Waals surface area (Å²) in [6, 6.07) is 23.9. The lowest BCUT2D eigenvalue weighted by atomic mass is 10.0. The summed E-state index contributed by atoms with van der Waals surface area (Å²) < 4.78 is 10.3. The number of amides is 1. The zero-order chi connectivity index (χ0) is 24.3. The smallest absolute Gasteiger partial charge is 0.330 e. The molecular weight excluding hydrogens is 432 g/mol. The highest BCUT2D eigenvalue weighted by Crippen LogP contribution is 2.19. The second-order valence-electron chi connectivity index (χ2n) is 7.82. The third-order valence-corrected chi connectivity index (χ3v) is 5.27. The number of ether oxygens (including phenoxy) is 2. The first-order chi connectivity index (χ1) is 16.4. The first-order valence-electron chi connectivity index (χ1n) is 11.0. The lowest BCUT2D eigenvalue weighted by molar-refractivity contribution is -0.160. The van der Waals surface area contributed by atoms with E-state index in [1.165, 1.54) is 0 Å². The lowest BCUT2D eigenvalue weighted by Gasteiger charge is -2.17.